The fourth-order valence-corrected chi connectivity index (χ4v) is 3.06. The molecule has 2 heterocycles. The Hall–Kier alpha value is -2.25. The molecule has 2 atom stereocenters. The molecule has 1 amide bonds. The smallest absolute Gasteiger partial charge is 0.255 e. The molecule has 128 valence electrons. The van der Waals surface area contributed by atoms with Crippen LogP contribution in [-0.2, 0) is 4.74 Å². The molecule has 3 rings (SSSR count). The summed E-state index contributed by atoms with van der Waals surface area (Å²) in [6, 6.07) is 6.22. The van der Waals surface area contributed by atoms with Crippen LogP contribution in [0.1, 0.15) is 22.8 Å². The van der Waals surface area contributed by atoms with Crippen molar-refractivity contribution in [3.05, 3.63) is 48.0 Å². The zero-order chi connectivity index (χ0) is 17.1. The van der Waals surface area contributed by atoms with Crippen molar-refractivity contribution < 1.29 is 13.9 Å². The van der Waals surface area contributed by atoms with Gasteiger partial charge < -0.3 is 10.1 Å². The lowest BCUT2D eigenvalue weighted by molar-refractivity contribution is 0.102. The maximum absolute atomic E-state index is 13.2. The van der Waals surface area contributed by atoms with Gasteiger partial charge in [0.1, 0.15) is 5.82 Å². The monoisotopic (exact) mass is 332 g/mol. The van der Waals surface area contributed by atoms with Crippen molar-refractivity contribution in [3.8, 4) is 0 Å². The normalized spacial score (nSPS) is 21.1. The number of amides is 1. The summed E-state index contributed by atoms with van der Waals surface area (Å²) in [5, 5.41) is 7.10. The maximum Gasteiger partial charge on any atom is 0.255 e. The van der Waals surface area contributed by atoms with Crippen LogP contribution in [0.4, 0.5) is 10.1 Å². The number of anilines is 1. The SMILES string of the molecule is COC[C@@H]1C[C@H](n2cc(NC(=O)c3cccc(F)c3)cn2)CN1C. The Bertz CT molecular complexity index is 718. The number of benzene rings is 1. The summed E-state index contributed by atoms with van der Waals surface area (Å²) in [7, 11) is 3.77. The van der Waals surface area contributed by atoms with Crippen molar-refractivity contribution in [1.82, 2.24) is 14.7 Å². The zero-order valence-electron chi connectivity index (χ0n) is 13.8. The quantitative estimate of drug-likeness (QED) is 0.912. The van der Waals surface area contributed by atoms with Gasteiger partial charge in [-0.05, 0) is 31.7 Å². The molecule has 0 bridgehead atoms. The summed E-state index contributed by atoms with van der Waals surface area (Å²) in [5.41, 5.74) is 0.880. The second-order valence-corrected chi connectivity index (χ2v) is 6.11. The second kappa shape index (κ2) is 7.11. The Balaban J connectivity index is 1.65. The number of likely N-dealkylation sites (N-methyl/N-ethyl adjacent to an activating group) is 1. The number of hydrogen-bond acceptors (Lipinski definition) is 4. The van der Waals surface area contributed by atoms with Crippen molar-refractivity contribution in [3.63, 3.8) is 0 Å². The third-order valence-corrected chi connectivity index (χ3v) is 4.35. The third-order valence-electron chi connectivity index (χ3n) is 4.35. The molecule has 7 heteroatoms. The van der Waals surface area contributed by atoms with Gasteiger partial charge in [0, 0.05) is 31.5 Å². The molecule has 1 aromatic carbocycles. The van der Waals surface area contributed by atoms with Crippen LogP contribution in [0.15, 0.2) is 36.7 Å². The van der Waals surface area contributed by atoms with E-state index in [1.807, 2.05) is 10.9 Å². The van der Waals surface area contributed by atoms with Crippen LogP contribution in [-0.4, -0.2) is 53.9 Å². The molecule has 0 spiro atoms. The van der Waals surface area contributed by atoms with Crippen LogP contribution in [0.5, 0.6) is 0 Å². The van der Waals surface area contributed by atoms with Gasteiger partial charge in [-0.25, -0.2) is 4.39 Å². The highest BCUT2D eigenvalue weighted by Crippen LogP contribution is 2.26. The first kappa shape index (κ1) is 16.6. The number of hydrogen-bond donors (Lipinski definition) is 1. The predicted molar refractivity (Wildman–Crippen MR) is 88.5 cm³/mol. The molecule has 0 radical (unpaired) electrons. The fourth-order valence-electron chi connectivity index (χ4n) is 3.06. The summed E-state index contributed by atoms with van der Waals surface area (Å²) < 4.78 is 20.3. The topological polar surface area (TPSA) is 59.4 Å². The minimum Gasteiger partial charge on any atom is -0.383 e. The van der Waals surface area contributed by atoms with Gasteiger partial charge >= 0.3 is 0 Å². The first-order chi connectivity index (χ1) is 11.6. The first-order valence-corrected chi connectivity index (χ1v) is 7.87. The molecule has 1 aromatic heterocycles. The van der Waals surface area contributed by atoms with Gasteiger partial charge in [0.2, 0.25) is 0 Å². The number of nitrogens with zero attached hydrogens (tertiary/aromatic N) is 3. The summed E-state index contributed by atoms with van der Waals surface area (Å²) in [5.74, 6) is -0.786. The molecule has 0 unspecified atom stereocenters. The molecule has 2 aromatic rings. The number of carbonyl (C=O) groups is 1. The van der Waals surface area contributed by atoms with Gasteiger partial charge in [-0.1, -0.05) is 6.07 Å². The Labute approximate surface area is 140 Å². The fraction of sp³-hybridized carbons (Fsp3) is 0.412. The van der Waals surface area contributed by atoms with Crippen LogP contribution in [0.3, 0.4) is 0 Å². The van der Waals surface area contributed by atoms with Gasteiger partial charge in [-0.2, -0.15) is 5.10 Å². The lowest BCUT2D eigenvalue weighted by Gasteiger charge is -2.17. The molecule has 1 aliphatic heterocycles. The lowest BCUT2D eigenvalue weighted by Crippen LogP contribution is -2.28. The van der Waals surface area contributed by atoms with E-state index in [9.17, 15) is 9.18 Å². The molecule has 0 aliphatic carbocycles. The predicted octanol–water partition coefficient (Wildman–Crippen LogP) is 2.17. The number of likely N-dealkylation sites (tertiary alicyclic amines) is 1. The summed E-state index contributed by atoms with van der Waals surface area (Å²) in [6.45, 7) is 1.57. The van der Waals surface area contributed by atoms with E-state index in [0.29, 0.717) is 18.3 Å². The van der Waals surface area contributed by atoms with Gasteiger partial charge in [0.05, 0.1) is 24.5 Å². The van der Waals surface area contributed by atoms with Crippen molar-refractivity contribution in [2.75, 3.05) is 32.6 Å². The molecule has 0 saturated carbocycles. The molecular formula is C17H21FN4O2. The molecule has 1 fully saturated rings. The van der Waals surface area contributed by atoms with Crippen LogP contribution in [0, 0.1) is 5.82 Å². The van der Waals surface area contributed by atoms with Gasteiger partial charge in [0.15, 0.2) is 0 Å². The summed E-state index contributed by atoms with van der Waals surface area (Å²) in [6.07, 6.45) is 4.37. The first-order valence-electron chi connectivity index (χ1n) is 7.87. The Morgan fingerprint density at radius 1 is 1.50 bits per heavy atom. The average Bonchev–Trinajstić information content (AvgIpc) is 3.15. The number of rotatable bonds is 5. The highest BCUT2D eigenvalue weighted by Gasteiger charge is 2.30. The van der Waals surface area contributed by atoms with Crippen LogP contribution in [0.25, 0.3) is 0 Å². The van der Waals surface area contributed by atoms with Gasteiger partial charge in [-0.3, -0.25) is 14.4 Å². The van der Waals surface area contributed by atoms with Crippen molar-refractivity contribution in [2.45, 2.75) is 18.5 Å². The minimum absolute atomic E-state index is 0.245. The van der Waals surface area contributed by atoms with Crippen molar-refractivity contribution in [1.29, 1.82) is 0 Å². The van der Waals surface area contributed by atoms with Gasteiger partial charge in [0.25, 0.3) is 5.91 Å². The number of halogens is 1. The summed E-state index contributed by atoms with van der Waals surface area (Å²) >= 11 is 0. The van der Waals surface area contributed by atoms with E-state index in [0.717, 1.165) is 13.0 Å². The van der Waals surface area contributed by atoms with Crippen LogP contribution >= 0.6 is 0 Å². The average molecular weight is 332 g/mol. The summed E-state index contributed by atoms with van der Waals surface area (Å²) in [4.78, 5) is 14.4. The van der Waals surface area contributed by atoms with Gasteiger partial charge in [-0.15, -0.1) is 0 Å². The van der Waals surface area contributed by atoms with Crippen molar-refractivity contribution in [2.24, 2.45) is 0 Å². The number of methoxy groups -OCH3 is 1. The van der Waals surface area contributed by atoms with E-state index >= 15 is 0 Å². The largest absolute Gasteiger partial charge is 0.383 e. The molecule has 1 N–H and O–H groups in total. The lowest BCUT2D eigenvalue weighted by atomic mass is 10.2. The zero-order valence-corrected chi connectivity index (χ0v) is 13.8. The Kier molecular flexibility index (Phi) is 4.92. The third kappa shape index (κ3) is 3.63. The van der Waals surface area contributed by atoms with E-state index in [2.05, 4.69) is 22.4 Å². The Morgan fingerprint density at radius 2 is 2.33 bits per heavy atom. The molecule has 6 nitrogen and oxygen atoms in total. The maximum atomic E-state index is 13.2. The Morgan fingerprint density at radius 3 is 3.08 bits per heavy atom. The second-order valence-electron chi connectivity index (χ2n) is 6.11. The van der Waals surface area contributed by atoms with E-state index in [1.54, 1.807) is 19.4 Å². The van der Waals surface area contributed by atoms with Crippen LogP contribution in [0.2, 0.25) is 0 Å². The molecule has 24 heavy (non-hydrogen) atoms. The van der Waals surface area contributed by atoms with E-state index in [4.69, 9.17) is 4.74 Å². The highest BCUT2D eigenvalue weighted by atomic mass is 19.1. The van der Waals surface area contributed by atoms with E-state index < -0.39 is 5.82 Å². The number of aromatic nitrogens is 2. The van der Waals surface area contributed by atoms with Crippen molar-refractivity contribution >= 4 is 11.6 Å². The van der Waals surface area contributed by atoms with E-state index in [-0.39, 0.29) is 17.5 Å². The molecule has 1 saturated heterocycles. The number of carbonyl (C=O) groups excluding carboxylic acids is 1. The number of nitrogens with one attached hydrogen (secondary N) is 1. The standard InChI is InChI=1S/C17H21FN4O2/c1-21-10-15(7-16(21)11-24-2)22-9-14(8-19-22)20-17(23)12-4-3-5-13(18)6-12/h3-6,8-9,15-16H,7,10-11H2,1-2H3,(H,20,23)/t15-,16-/m0/s1. The molecule has 1 aliphatic rings. The number of ether oxygens (including phenoxy) is 1. The minimum atomic E-state index is -0.434. The van der Waals surface area contributed by atoms with E-state index in [1.165, 1.54) is 18.2 Å². The van der Waals surface area contributed by atoms with Crippen LogP contribution < -0.4 is 5.32 Å². The molecular weight excluding hydrogens is 311 g/mol. The highest BCUT2D eigenvalue weighted by molar-refractivity contribution is 6.04.